The predicted molar refractivity (Wildman–Crippen MR) is 76.5 cm³/mol. The van der Waals surface area contributed by atoms with Crippen molar-refractivity contribution in [3.63, 3.8) is 0 Å². The predicted octanol–water partition coefficient (Wildman–Crippen LogP) is 4.09. The number of hydrogen-bond acceptors (Lipinski definition) is 1. The molecule has 0 heterocycles. The fraction of sp³-hybridized carbons (Fsp3) is 0.250. The van der Waals surface area contributed by atoms with Crippen LogP contribution in [0, 0.1) is 27.7 Å². The van der Waals surface area contributed by atoms with Crippen LogP contribution in [-0.2, 0) is 10.8 Å². The molecule has 18 heavy (non-hydrogen) atoms. The number of benzene rings is 2. The standard InChI is InChI=1S/C16H18OS/c1-11-5-8-16(14(4)9-11)18(17)15-7-6-12(2)13(3)10-15/h5-10H,1-4H3. The highest BCUT2D eigenvalue weighted by atomic mass is 32.2. The minimum atomic E-state index is -1.09. The summed E-state index contributed by atoms with van der Waals surface area (Å²) in [5, 5.41) is 0. The lowest BCUT2D eigenvalue weighted by molar-refractivity contribution is 0.682. The van der Waals surface area contributed by atoms with Crippen molar-refractivity contribution in [2.24, 2.45) is 0 Å². The highest BCUT2D eigenvalue weighted by Gasteiger charge is 2.10. The highest BCUT2D eigenvalue weighted by Crippen LogP contribution is 2.22. The van der Waals surface area contributed by atoms with E-state index in [2.05, 4.69) is 26.8 Å². The summed E-state index contributed by atoms with van der Waals surface area (Å²) in [5.41, 5.74) is 4.71. The van der Waals surface area contributed by atoms with Crippen LogP contribution in [0.2, 0.25) is 0 Å². The van der Waals surface area contributed by atoms with Gasteiger partial charge >= 0.3 is 0 Å². The Hall–Kier alpha value is -1.41. The summed E-state index contributed by atoms with van der Waals surface area (Å²) in [5.74, 6) is 0. The second-order valence-electron chi connectivity index (χ2n) is 4.78. The summed E-state index contributed by atoms with van der Waals surface area (Å²) >= 11 is 0. The van der Waals surface area contributed by atoms with Crippen molar-refractivity contribution < 1.29 is 4.21 Å². The van der Waals surface area contributed by atoms with Crippen LogP contribution in [0.1, 0.15) is 22.3 Å². The molecule has 94 valence electrons. The first-order valence-corrected chi connectivity index (χ1v) is 7.20. The lowest BCUT2D eigenvalue weighted by Crippen LogP contribution is -1.97. The van der Waals surface area contributed by atoms with Crippen molar-refractivity contribution in [3.8, 4) is 0 Å². The topological polar surface area (TPSA) is 17.1 Å². The smallest absolute Gasteiger partial charge is 0.0852 e. The van der Waals surface area contributed by atoms with Crippen molar-refractivity contribution in [1.29, 1.82) is 0 Å². The van der Waals surface area contributed by atoms with Crippen LogP contribution in [0.5, 0.6) is 0 Å². The molecular weight excluding hydrogens is 240 g/mol. The van der Waals surface area contributed by atoms with E-state index in [1.54, 1.807) is 0 Å². The molecule has 0 fully saturated rings. The average molecular weight is 258 g/mol. The molecule has 0 aliphatic rings. The van der Waals surface area contributed by atoms with Gasteiger partial charge in [-0.2, -0.15) is 0 Å². The third-order valence-electron chi connectivity index (χ3n) is 3.22. The van der Waals surface area contributed by atoms with Crippen molar-refractivity contribution >= 4 is 10.8 Å². The molecule has 2 aromatic carbocycles. The third-order valence-corrected chi connectivity index (χ3v) is 4.76. The third kappa shape index (κ3) is 2.54. The Morgan fingerprint density at radius 2 is 1.50 bits per heavy atom. The van der Waals surface area contributed by atoms with Gasteiger partial charge in [-0.05, 0) is 62.6 Å². The SMILES string of the molecule is Cc1ccc(S(=O)c2ccc(C)c(C)c2)c(C)c1. The molecule has 2 heteroatoms. The Morgan fingerprint density at radius 3 is 2.11 bits per heavy atom. The molecule has 0 aromatic heterocycles. The highest BCUT2D eigenvalue weighted by molar-refractivity contribution is 7.85. The minimum Gasteiger partial charge on any atom is -0.249 e. The van der Waals surface area contributed by atoms with Gasteiger partial charge in [-0.1, -0.05) is 23.8 Å². The van der Waals surface area contributed by atoms with E-state index in [0.717, 1.165) is 15.4 Å². The molecule has 1 atom stereocenters. The van der Waals surface area contributed by atoms with Gasteiger partial charge in [0.15, 0.2) is 0 Å². The van der Waals surface area contributed by atoms with E-state index in [1.807, 2.05) is 37.3 Å². The van der Waals surface area contributed by atoms with Crippen molar-refractivity contribution in [2.75, 3.05) is 0 Å². The number of rotatable bonds is 2. The number of aryl methyl sites for hydroxylation is 4. The van der Waals surface area contributed by atoms with Gasteiger partial charge in [0, 0.05) is 9.79 Å². The lowest BCUT2D eigenvalue weighted by Gasteiger charge is -2.08. The molecule has 0 N–H and O–H groups in total. The Bertz CT molecular complexity index is 614. The summed E-state index contributed by atoms with van der Waals surface area (Å²) in [4.78, 5) is 1.79. The zero-order chi connectivity index (χ0) is 13.3. The second-order valence-corrected chi connectivity index (χ2v) is 6.23. The van der Waals surface area contributed by atoms with Gasteiger partial charge in [0.1, 0.15) is 0 Å². The van der Waals surface area contributed by atoms with Gasteiger partial charge in [-0.25, -0.2) is 4.21 Å². The molecule has 1 nitrogen and oxygen atoms in total. The first-order chi connectivity index (χ1) is 8.49. The van der Waals surface area contributed by atoms with E-state index in [1.165, 1.54) is 16.7 Å². The van der Waals surface area contributed by atoms with Crippen LogP contribution in [0.4, 0.5) is 0 Å². The number of hydrogen-bond donors (Lipinski definition) is 0. The van der Waals surface area contributed by atoms with Crippen LogP contribution in [0.15, 0.2) is 46.2 Å². The Labute approximate surface area is 111 Å². The van der Waals surface area contributed by atoms with E-state index in [4.69, 9.17) is 0 Å². The summed E-state index contributed by atoms with van der Waals surface area (Å²) < 4.78 is 12.6. The van der Waals surface area contributed by atoms with Gasteiger partial charge < -0.3 is 0 Å². The Balaban J connectivity index is 2.44. The lowest BCUT2D eigenvalue weighted by atomic mass is 10.1. The minimum absolute atomic E-state index is 0.880. The van der Waals surface area contributed by atoms with Gasteiger partial charge in [0.05, 0.1) is 10.8 Å². The fourth-order valence-corrected chi connectivity index (χ4v) is 3.24. The zero-order valence-electron chi connectivity index (χ0n) is 11.3. The molecule has 0 amide bonds. The quantitative estimate of drug-likeness (QED) is 0.793. The molecule has 0 spiro atoms. The van der Waals surface area contributed by atoms with Crippen LogP contribution in [0.25, 0.3) is 0 Å². The van der Waals surface area contributed by atoms with Gasteiger partial charge in [-0.15, -0.1) is 0 Å². The monoisotopic (exact) mass is 258 g/mol. The first kappa shape index (κ1) is 13.0. The van der Waals surface area contributed by atoms with Crippen molar-refractivity contribution in [1.82, 2.24) is 0 Å². The Kier molecular flexibility index (Phi) is 3.67. The summed E-state index contributed by atoms with van der Waals surface area (Å²) in [6.45, 7) is 8.19. The van der Waals surface area contributed by atoms with E-state index >= 15 is 0 Å². The zero-order valence-corrected chi connectivity index (χ0v) is 12.1. The van der Waals surface area contributed by atoms with E-state index in [0.29, 0.717) is 0 Å². The summed E-state index contributed by atoms with van der Waals surface area (Å²) in [6.07, 6.45) is 0. The first-order valence-electron chi connectivity index (χ1n) is 6.05. The molecular formula is C16H18OS. The van der Waals surface area contributed by atoms with Crippen molar-refractivity contribution in [3.05, 3.63) is 58.7 Å². The van der Waals surface area contributed by atoms with Crippen LogP contribution >= 0.6 is 0 Å². The molecule has 0 radical (unpaired) electrons. The average Bonchev–Trinajstić information content (AvgIpc) is 2.32. The van der Waals surface area contributed by atoms with Crippen LogP contribution in [0.3, 0.4) is 0 Å². The maximum Gasteiger partial charge on any atom is 0.0852 e. The second kappa shape index (κ2) is 5.07. The normalized spacial score (nSPS) is 12.4. The molecule has 2 rings (SSSR count). The van der Waals surface area contributed by atoms with Gasteiger partial charge in [0.25, 0.3) is 0 Å². The van der Waals surface area contributed by atoms with E-state index in [9.17, 15) is 4.21 Å². The fourth-order valence-electron chi connectivity index (χ4n) is 1.96. The van der Waals surface area contributed by atoms with Gasteiger partial charge in [-0.3, -0.25) is 0 Å². The molecule has 0 aliphatic carbocycles. The molecule has 2 aromatic rings. The molecule has 1 unspecified atom stereocenters. The summed E-state index contributed by atoms with van der Waals surface area (Å²) in [6, 6.07) is 12.1. The maximum absolute atomic E-state index is 12.6. The molecule has 0 aliphatic heterocycles. The van der Waals surface area contributed by atoms with Crippen LogP contribution in [-0.4, -0.2) is 4.21 Å². The molecule has 0 bridgehead atoms. The molecule has 0 saturated heterocycles. The maximum atomic E-state index is 12.6. The van der Waals surface area contributed by atoms with Crippen molar-refractivity contribution in [2.45, 2.75) is 37.5 Å². The van der Waals surface area contributed by atoms with Crippen LogP contribution < -0.4 is 0 Å². The molecule has 0 saturated carbocycles. The largest absolute Gasteiger partial charge is 0.249 e. The van der Waals surface area contributed by atoms with Gasteiger partial charge in [0.2, 0.25) is 0 Å². The summed E-state index contributed by atoms with van der Waals surface area (Å²) in [7, 11) is -1.09. The Morgan fingerprint density at radius 1 is 0.778 bits per heavy atom. The van der Waals surface area contributed by atoms with E-state index in [-0.39, 0.29) is 0 Å². The van der Waals surface area contributed by atoms with E-state index < -0.39 is 10.8 Å².